The highest BCUT2D eigenvalue weighted by Crippen LogP contribution is 2.32. The topological polar surface area (TPSA) is 68.5 Å². The highest BCUT2D eigenvalue weighted by Gasteiger charge is 2.22. The van der Waals surface area contributed by atoms with Gasteiger partial charge in [0.2, 0.25) is 0 Å². The fraction of sp³-hybridized carbons (Fsp3) is 0.538. The zero-order chi connectivity index (χ0) is 14.9. The van der Waals surface area contributed by atoms with Gasteiger partial charge in [0.1, 0.15) is 23.0 Å². The Morgan fingerprint density at radius 3 is 2.45 bits per heavy atom. The van der Waals surface area contributed by atoms with E-state index in [0.29, 0.717) is 0 Å². The fourth-order valence-corrected chi connectivity index (χ4v) is 2.46. The van der Waals surface area contributed by atoms with E-state index in [1.54, 1.807) is 6.33 Å². The summed E-state index contributed by atoms with van der Waals surface area (Å²) in [6.45, 7) is 8.33. The van der Waals surface area contributed by atoms with Crippen LogP contribution in [-0.2, 0) is 12.5 Å². The Labute approximate surface area is 123 Å². The zero-order valence-corrected chi connectivity index (χ0v) is 13.5. The maximum absolute atomic E-state index is 4.70. The largest absolute Gasteiger partial charge is 0.373 e. The molecule has 0 saturated carbocycles. The summed E-state index contributed by atoms with van der Waals surface area (Å²) in [5, 5.41) is 12.8. The van der Waals surface area contributed by atoms with Crippen molar-refractivity contribution in [2.24, 2.45) is 7.05 Å². The molecule has 0 unspecified atom stereocenters. The van der Waals surface area contributed by atoms with Gasteiger partial charge in [0, 0.05) is 25.1 Å². The summed E-state index contributed by atoms with van der Waals surface area (Å²) in [4.78, 5) is 9.29. The monoisotopic (exact) mass is 292 g/mol. The van der Waals surface area contributed by atoms with Crippen molar-refractivity contribution in [3.63, 3.8) is 0 Å². The molecule has 0 atom stereocenters. The van der Waals surface area contributed by atoms with E-state index < -0.39 is 0 Å². The van der Waals surface area contributed by atoms with Gasteiger partial charge in [-0.15, -0.1) is 10.2 Å². The van der Waals surface area contributed by atoms with Crippen molar-refractivity contribution in [3.8, 4) is 0 Å². The summed E-state index contributed by atoms with van der Waals surface area (Å²) in [5.41, 5.74) is 0.919. The second kappa shape index (κ2) is 5.40. The Kier molecular flexibility index (Phi) is 3.99. The smallest absolute Gasteiger partial charge is 0.197 e. The van der Waals surface area contributed by atoms with Gasteiger partial charge in [-0.25, -0.2) is 9.97 Å². The summed E-state index contributed by atoms with van der Waals surface area (Å²) in [5.74, 6) is 1.67. The van der Waals surface area contributed by atoms with Crippen LogP contribution < -0.4 is 5.32 Å². The molecule has 0 aliphatic carbocycles. The number of nitrogens with zero attached hydrogens (tertiary/aromatic N) is 5. The maximum Gasteiger partial charge on any atom is 0.197 e. The number of hydrogen-bond donors (Lipinski definition) is 1. The summed E-state index contributed by atoms with van der Waals surface area (Å²) < 4.78 is 1.88. The third-order valence-corrected chi connectivity index (χ3v) is 4.01. The molecular weight excluding hydrogens is 272 g/mol. The van der Waals surface area contributed by atoms with Gasteiger partial charge in [-0.1, -0.05) is 20.8 Å². The third kappa shape index (κ3) is 2.92. The lowest BCUT2D eigenvalue weighted by Gasteiger charge is -2.19. The predicted octanol–water partition coefficient (Wildman–Crippen LogP) is 2.40. The molecule has 2 rings (SSSR count). The molecule has 0 aromatic carbocycles. The lowest BCUT2D eigenvalue weighted by Crippen LogP contribution is -2.18. The first-order chi connectivity index (χ1) is 9.32. The van der Waals surface area contributed by atoms with Crippen molar-refractivity contribution in [2.45, 2.75) is 43.3 Å². The minimum atomic E-state index is -0.103. The van der Waals surface area contributed by atoms with Crippen LogP contribution >= 0.6 is 11.8 Å². The van der Waals surface area contributed by atoms with Gasteiger partial charge in [-0.05, 0) is 18.7 Å². The van der Waals surface area contributed by atoms with E-state index in [1.807, 2.05) is 25.6 Å². The molecule has 0 aliphatic rings. The number of hydrogen-bond acceptors (Lipinski definition) is 6. The van der Waals surface area contributed by atoms with Crippen LogP contribution in [0, 0.1) is 6.92 Å². The number of aryl methyl sites for hydroxylation is 1. The molecule has 0 amide bonds. The Balaban J connectivity index is 2.48. The molecule has 2 aromatic rings. The molecule has 0 spiro atoms. The first-order valence-electron chi connectivity index (χ1n) is 6.41. The van der Waals surface area contributed by atoms with Crippen molar-refractivity contribution in [2.75, 3.05) is 12.4 Å². The molecule has 0 aliphatic heterocycles. The fourth-order valence-electron chi connectivity index (χ4n) is 1.63. The van der Waals surface area contributed by atoms with E-state index >= 15 is 0 Å². The van der Waals surface area contributed by atoms with Crippen LogP contribution in [-0.4, -0.2) is 31.8 Å². The number of nitrogens with one attached hydrogen (secondary N) is 1. The summed E-state index contributed by atoms with van der Waals surface area (Å²) in [6.07, 6.45) is 1.68. The molecule has 1 N–H and O–H groups in total. The summed E-state index contributed by atoms with van der Waals surface area (Å²) in [7, 11) is 3.79. The van der Waals surface area contributed by atoms with Crippen LogP contribution in [0.25, 0.3) is 0 Å². The van der Waals surface area contributed by atoms with Crippen molar-refractivity contribution in [1.82, 2.24) is 24.7 Å². The normalized spacial score (nSPS) is 11.7. The Morgan fingerprint density at radius 1 is 1.25 bits per heavy atom. The molecule has 0 bridgehead atoms. The summed E-state index contributed by atoms with van der Waals surface area (Å²) in [6, 6.07) is 0. The second-order valence-electron chi connectivity index (χ2n) is 5.65. The SMILES string of the molecule is CNc1nc(C(C)(C)C)nc(Sc2nncn2C)c1C. The first kappa shape index (κ1) is 14.8. The third-order valence-electron chi connectivity index (χ3n) is 2.87. The van der Waals surface area contributed by atoms with Crippen molar-refractivity contribution < 1.29 is 0 Å². The van der Waals surface area contributed by atoms with Crippen molar-refractivity contribution in [1.29, 1.82) is 0 Å². The van der Waals surface area contributed by atoms with Crippen LogP contribution in [0.15, 0.2) is 16.5 Å². The van der Waals surface area contributed by atoms with E-state index in [1.165, 1.54) is 11.8 Å². The van der Waals surface area contributed by atoms with Crippen LogP contribution in [0.1, 0.15) is 32.2 Å². The van der Waals surface area contributed by atoms with Gasteiger partial charge in [-0.3, -0.25) is 0 Å². The number of anilines is 1. The molecule has 6 nitrogen and oxygen atoms in total. The van der Waals surface area contributed by atoms with Gasteiger partial charge >= 0.3 is 0 Å². The average molecular weight is 292 g/mol. The number of rotatable bonds is 3. The van der Waals surface area contributed by atoms with Crippen LogP contribution in [0.2, 0.25) is 0 Å². The highest BCUT2D eigenvalue weighted by molar-refractivity contribution is 7.99. The molecular formula is C13H20N6S. The molecule has 0 saturated heterocycles. The molecule has 0 fully saturated rings. The second-order valence-corrected chi connectivity index (χ2v) is 6.61. The van der Waals surface area contributed by atoms with Crippen molar-refractivity contribution in [3.05, 3.63) is 17.7 Å². The van der Waals surface area contributed by atoms with Crippen LogP contribution in [0.5, 0.6) is 0 Å². The Hall–Kier alpha value is -1.63. The quantitative estimate of drug-likeness (QED) is 0.876. The van der Waals surface area contributed by atoms with E-state index in [2.05, 4.69) is 41.3 Å². The minimum absolute atomic E-state index is 0.103. The van der Waals surface area contributed by atoms with Gasteiger partial charge in [0.25, 0.3) is 0 Å². The van der Waals surface area contributed by atoms with Crippen LogP contribution in [0.4, 0.5) is 5.82 Å². The maximum atomic E-state index is 4.70. The van der Waals surface area contributed by atoms with Crippen LogP contribution in [0.3, 0.4) is 0 Å². The standard InChI is InChI=1S/C13H20N6S/c1-8-9(14-5)16-11(13(2,3)4)17-10(8)20-12-18-15-7-19(12)6/h7H,1-6H3,(H,14,16,17). The van der Waals surface area contributed by atoms with Gasteiger partial charge in [-0.2, -0.15) is 0 Å². The van der Waals surface area contributed by atoms with Gasteiger partial charge < -0.3 is 9.88 Å². The molecule has 0 radical (unpaired) electrons. The Morgan fingerprint density at radius 2 is 1.95 bits per heavy atom. The predicted molar refractivity (Wildman–Crippen MR) is 80.1 cm³/mol. The molecule has 2 aromatic heterocycles. The van der Waals surface area contributed by atoms with Gasteiger partial charge in [0.05, 0.1) is 0 Å². The van der Waals surface area contributed by atoms with E-state index in [0.717, 1.165) is 27.4 Å². The van der Waals surface area contributed by atoms with Crippen molar-refractivity contribution >= 4 is 17.6 Å². The average Bonchev–Trinajstić information content (AvgIpc) is 2.76. The Bertz CT molecular complexity index is 614. The highest BCUT2D eigenvalue weighted by atomic mass is 32.2. The molecule has 20 heavy (non-hydrogen) atoms. The molecule has 2 heterocycles. The molecule has 108 valence electrons. The zero-order valence-electron chi connectivity index (χ0n) is 12.7. The van der Waals surface area contributed by atoms with Gasteiger partial charge in [0.15, 0.2) is 5.16 Å². The van der Waals surface area contributed by atoms with E-state index in [9.17, 15) is 0 Å². The lowest BCUT2D eigenvalue weighted by atomic mass is 9.95. The van der Waals surface area contributed by atoms with E-state index in [4.69, 9.17) is 4.98 Å². The number of aromatic nitrogens is 5. The minimum Gasteiger partial charge on any atom is -0.373 e. The molecule has 7 heteroatoms. The first-order valence-corrected chi connectivity index (χ1v) is 7.23. The lowest BCUT2D eigenvalue weighted by molar-refractivity contribution is 0.538. The summed E-state index contributed by atoms with van der Waals surface area (Å²) >= 11 is 1.51. The van der Waals surface area contributed by atoms with E-state index in [-0.39, 0.29) is 5.41 Å².